The summed E-state index contributed by atoms with van der Waals surface area (Å²) in [6, 6.07) is 17.4. The molecule has 24 heavy (non-hydrogen) atoms. The molecule has 1 amide bonds. The Hall–Kier alpha value is -2.66. The van der Waals surface area contributed by atoms with Crippen molar-refractivity contribution in [3.63, 3.8) is 0 Å². The molecule has 1 aromatic heterocycles. The summed E-state index contributed by atoms with van der Waals surface area (Å²) in [5.74, 6) is 0.632. The van der Waals surface area contributed by atoms with Crippen LogP contribution in [0.3, 0.4) is 0 Å². The lowest BCUT2D eigenvalue weighted by atomic mass is 10.1. The van der Waals surface area contributed by atoms with Gasteiger partial charge in [0, 0.05) is 10.9 Å². The Bertz CT molecular complexity index is 813. The highest BCUT2D eigenvalue weighted by molar-refractivity contribution is 7.13. The van der Waals surface area contributed by atoms with Crippen LogP contribution >= 0.6 is 11.3 Å². The summed E-state index contributed by atoms with van der Waals surface area (Å²) in [4.78, 5) is 16.8. The predicted octanol–water partition coefficient (Wildman–Crippen LogP) is 4.31. The van der Waals surface area contributed by atoms with Gasteiger partial charge in [0.05, 0.1) is 13.2 Å². The van der Waals surface area contributed by atoms with Crippen molar-refractivity contribution in [1.82, 2.24) is 10.3 Å². The zero-order valence-electron chi connectivity index (χ0n) is 13.5. The van der Waals surface area contributed by atoms with Crippen molar-refractivity contribution in [1.29, 1.82) is 0 Å². The fourth-order valence-electron chi connectivity index (χ4n) is 2.34. The Morgan fingerprint density at radius 1 is 1.12 bits per heavy atom. The van der Waals surface area contributed by atoms with Crippen molar-refractivity contribution in [2.45, 2.75) is 13.0 Å². The Labute approximate surface area is 145 Å². The normalized spacial score (nSPS) is 11.8. The number of aromatic nitrogens is 1. The van der Waals surface area contributed by atoms with Crippen molar-refractivity contribution in [2.75, 3.05) is 7.11 Å². The van der Waals surface area contributed by atoms with Gasteiger partial charge in [-0.1, -0.05) is 30.3 Å². The van der Waals surface area contributed by atoms with Gasteiger partial charge in [0.2, 0.25) is 0 Å². The highest BCUT2D eigenvalue weighted by Crippen LogP contribution is 2.26. The Kier molecular flexibility index (Phi) is 4.91. The Morgan fingerprint density at radius 2 is 1.83 bits per heavy atom. The van der Waals surface area contributed by atoms with Gasteiger partial charge in [-0.15, -0.1) is 11.3 Å². The number of nitrogens with one attached hydrogen (secondary N) is 1. The van der Waals surface area contributed by atoms with Crippen LogP contribution in [0, 0.1) is 0 Å². The minimum atomic E-state index is -0.164. The van der Waals surface area contributed by atoms with Crippen molar-refractivity contribution in [3.8, 4) is 16.3 Å². The standard InChI is InChI=1S/C19H18N2O2S/c1-13(14-6-4-3-5-7-14)20-18(22)17-12-24-19(21-17)15-8-10-16(23-2)11-9-15/h3-13H,1-2H3,(H,20,22)/t13-/m0/s1. The van der Waals surface area contributed by atoms with Crippen LogP contribution in [-0.4, -0.2) is 18.0 Å². The van der Waals surface area contributed by atoms with E-state index >= 15 is 0 Å². The molecule has 2 aromatic carbocycles. The number of hydrogen-bond acceptors (Lipinski definition) is 4. The van der Waals surface area contributed by atoms with E-state index in [1.165, 1.54) is 11.3 Å². The monoisotopic (exact) mass is 338 g/mol. The molecule has 122 valence electrons. The van der Waals surface area contributed by atoms with Gasteiger partial charge in [0.25, 0.3) is 5.91 Å². The molecule has 0 aliphatic heterocycles. The van der Waals surface area contributed by atoms with Gasteiger partial charge in [-0.05, 0) is 36.8 Å². The molecule has 0 bridgehead atoms. The molecule has 5 heteroatoms. The maximum absolute atomic E-state index is 12.4. The van der Waals surface area contributed by atoms with Crippen LogP contribution in [0.5, 0.6) is 5.75 Å². The average Bonchev–Trinajstić information content (AvgIpc) is 3.13. The van der Waals surface area contributed by atoms with E-state index in [0.717, 1.165) is 21.9 Å². The number of carbonyl (C=O) groups excluding carboxylic acids is 1. The molecule has 0 radical (unpaired) electrons. The van der Waals surface area contributed by atoms with Crippen molar-refractivity contribution in [2.24, 2.45) is 0 Å². The molecule has 3 rings (SSSR count). The number of benzene rings is 2. The number of thiazole rings is 1. The lowest BCUT2D eigenvalue weighted by molar-refractivity contribution is 0.0935. The molecule has 0 saturated heterocycles. The second-order valence-electron chi connectivity index (χ2n) is 5.37. The summed E-state index contributed by atoms with van der Waals surface area (Å²) in [6.07, 6.45) is 0. The van der Waals surface area contributed by atoms with Crippen molar-refractivity contribution < 1.29 is 9.53 Å². The lowest BCUT2D eigenvalue weighted by Gasteiger charge is -2.13. The van der Waals surface area contributed by atoms with Crippen LogP contribution in [0.4, 0.5) is 0 Å². The summed E-state index contributed by atoms with van der Waals surface area (Å²) >= 11 is 1.45. The van der Waals surface area contributed by atoms with Crippen molar-refractivity contribution >= 4 is 17.2 Å². The molecule has 4 nitrogen and oxygen atoms in total. The average molecular weight is 338 g/mol. The fourth-order valence-corrected chi connectivity index (χ4v) is 3.15. The van der Waals surface area contributed by atoms with Gasteiger partial charge >= 0.3 is 0 Å². The number of methoxy groups -OCH3 is 1. The highest BCUT2D eigenvalue weighted by atomic mass is 32.1. The molecule has 1 atom stereocenters. The maximum atomic E-state index is 12.4. The Balaban J connectivity index is 1.71. The molecule has 0 spiro atoms. The van der Waals surface area contributed by atoms with E-state index < -0.39 is 0 Å². The van der Waals surface area contributed by atoms with E-state index in [1.54, 1.807) is 12.5 Å². The number of nitrogens with zero attached hydrogens (tertiary/aromatic N) is 1. The van der Waals surface area contributed by atoms with Crippen LogP contribution in [0.2, 0.25) is 0 Å². The molecule has 0 saturated carbocycles. The number of ether oxygens (including phenoxy) is 1. The summed E-state index contributed by atoms with van der Waals surface area (Å²) < 4.78 is 5.15. The van der Waals surface area contributed by atoms with E-state index in [2.05, 4.69) is 10.3 Å². The molecular weight excluding hydrogens is 320 g/mol. The third kappa shape index (κ3) is 3.63. The molecular formula is C19H18N2O2S. The van der Waals surface area contributed by atoms with Gasteiger partial charge in [0.1, 0.15) is 16.5 Å². The first kappa shape index (κ1) is 16.2. The molecule has 0 aliphatic rings. The quantitative estimate of drug-likeness (QED) is 0.754. The van der Waals surface area contributed by atoms with Gasteiger partial charge in [-0.2, -0.15) is 0 Å². The van der Waals surface area contributed by atoms with Crippen molar-refractivity contribution in [3.05, 3.63) is 71.2 Å². The lowest BCUT2D eigenvalue weighted by Crippen LogP contribution is -2.26. The van der Waals surface area contributed by atoms with Gasteiger partial charge in [-0.25, -0.2) is 4.98 Å². The smallest absolute Gasteiger partial charge is 0.271 e. The van der Waals surface area contributed by atoms with Crippen LogP contribution in [0.25, 0.3) is 10.6 Å². The summed E-state index contributed by atoms with van der Waals surface area (Å²) in [5.41, 5.74) is 2.47. The van der Waals surface area contributed by atoms with Crippen LogP contribution in [0.15, 0.2) is 60.0 Å². The predicted molar refractivity (Wildman–Crippen MR) is 96.4 cm³/mol. The minimum Gasteiger partial charge on any atom is -0.497 e. The van der Waals surface area contributed by atoms with E-state index in [0.29, 0.717) is 5.69 Å². The highest BCUT2D eigenvalue weighted by Gasteiger charge is 2.15. The molecule has 3 aromatic rings. The molecule has 0 aliphatic carbocycles. The fraction of sp³-hybridized carbons (Fsp3) is 0.158. The molecule has 1 N–H and O–H groups in total. The summed E-state index contributed by atoms with van der Waals surface area (Å²) in [7, 11) is 1.63. The number of amides is 1. The SMILES string of the molecule is COc1ccc(-c2nc(C(=O)N[C@@H](C)c3ccccc3)cs2)cc1. The van der Waals surface area contributed by atoms with Crippen LogP contribution in [-0.2, 0) is 0 Å². The second-order valence-corrected chi connectivity index (χ2v) is 6.23. The van der Waals surface area contributed by atoms with Crippen LogP contribution < -0.4 is 10.1 Å². The topological polar surface area (TPSA) is 51.2 Å². The van der Waals surface area contributed by atoms with E-state index in [-0.39, 0.29) is 11.9 Å². The van der Waals surface area contributed by atoms with E-state index in [4.69, 9.17) is 4.74 Å². The Morgan fingerprint density at radius 3 is 2.50 bits per heavy atom. The minimum absolute atomic E-state index is 0.0650. The first-order chi connectivity index (χ1) is 11.7. The van der Waals surface area contributed by atoms with E-state index in [1.807, 2.05) is 61.5 Å². The first-order valence-corrected chi connectivity index (χ1v) is 8.51. The van der Waals surface area contributed by atoms with Gasteiger partial charge in [-0.3, -0.25) is 4.79 Å². The zero-order valence-corrected chi connectivity index (χ0v) is 14.3. The molecule has 1 heterocycles. The van der Waals surface area contributed by atoms with Gasteiger partial charge in [0.15, 0.2) is 0 Å². The third-order valence-corrected chi connectivity index (χ3v) is 4.61. The van der Waals surface area contributed by atoms with Gasteiger partial charge < -0.3 is 10.1 Å². The number of rotatable bonds is 5. The number of carbonyl (C=O) groups is 1. The maximum Gasteiger partial charge on any atom is 0.271 e. The first-order valence-electron chi connectivity index (χ1n) is 7.63. The van der Waals surface area contributed by atoms with E-state index in [9.17, 15) is 4.79 Å². The summed E-state index contributed by atoms with van der Waals surface area (Å²) in [5, 5.41) is 5.58. The largest absolute Gasteiger partial charge is 0.497 e. The number of hydrogen-bond donors (Lipinski definition) is 1. The molecule has 0 fully saturated rings. The summed E-state index contributed by atoms with van der Waals surface area (Å²) in [6.45, 7) is 1.96. The third-order valence-electron chi connectivity index (χ3n) is 3.72. The molecule has 0 unspecified atom stereocenters. The second kappa shape index (κ2) is 7.27. The van der Waals surface area contributed by atoms with Crippen LogP contribution in [0.1, 0.15) is 29.0 Å². The zero-order chi connectivity index (χ0) is 16.9.